The van der Waals surface area contributed by atoms with E-state index in [1.807, 2.05) is 0 Å². The minimum absolute atomic E-state index is 0.0901. The van der Waals surface area contributed by atoms with E-state index in [0.717, 1.165) is 17.2 Å². The number of para-hydroxylation sites is 5. The molecule has 10 rings (SSSR count). The third kappa shape index (κ3) is 2.39. The lowest BCUT2D eigenvalue weighted by atomic mass is 9.34. The molecule has 3 nitrogen and oxygen atoms in total. The lowest BCUT2D eigenvalue weighted by Crippen LogP contribution is -2.59. The van der Waals surface area contributed by atoms with Crippen molar-refractivity contribution < 1.29 is 4.74 Å². The van der Waals surface area contributed by atoms with Crippen molar-refractivity contribution in [3.63, 3.8) is 0 Å². The zero-order valence-electron chi connectivity index (χ0n) is 21.5. The number of hydrogen-bond donors (Lipinski definition) is 0. The van der Waals surface area contributed by atoms with Crippen molar-refractivity contribution in [2.24, 2.45) is 0 Å². The molecule has 2 aliphatic heterocycles. The van der Waals surface area contributed by atoms with Gasteiger partial charge in [-0.1, -0.05) is 91.0 Å². The van der Waals surface area contributed by atoms with E-state index in [0.29, 0.717) is 0 Å². The van der Waals surface area contributed by atoms with E-state index in [4.69, 9.17) is 4.74 Å². The van der Waals surface area contributed by atoms with Gasteiger partial charge in [-0.25, -0.2) is 0 Å². The maximum absolute atomic E-state index is 6.79. The van der Waals surface area contributed by atoms with Gasteiger partial charge < -0.3 is 14.0 Å². The predicted octanol–water partition coefficient (Wildman–Crippen LogP) is 7.24. The molecule has 6 aromatic carbocycles. The Hall–Kier alpha value is -5.22. The standard InChI is InChI=1S/C36H21BN2O/c1-2-11-22(12-3-1)38-29-19-8-5-16-26(29)37-27-17-6-9-20-31(27)40-32-21-30-33(36(38)34(32)37)25-15-10-14-24-23-13-4-7-18-28(23)39(30)35(24)25/h1-21H. The third-order valence-electron chi connectivity index (χ3n) is 8.95. The van der Waals surface area contributed by atoms with Gasteiger partial charge in [0.05, 0.1) is 22.2 Å². The van der Waals surface area contributed by atoms with Gasteiger partial charge in [-0.3, -0.25) is 0 Å². The van der Waals surface area contributed by atoms with Gasteiger partial charge in [-0.2, -0.15) is 0 Å². The Morgan fingerprint density at radius 3 is 2.20 bits per heavy atom. The second-order valence-corrected chi connectivity index (χ2v) is 10.9. The van der Waals surface area contributed by atoms with Crippen molar-refractivity contribution in [3.8, 4) is 11.5 Å². The van der Waals surface area contributed by atoms with Crippen LogP contribution in [-0.4, -0.2) is 11.1 Å². The van der Waals surface area contributed by atoms with Crippen LogP contribution in [0.2, 0.25) is 0 Å². The molecule has 0 bridgehead atoms. The summed E-state index contributed by atoms with van der Waals surface area (Å²) < 4.78 is 9.25. The highest BCUT2D eigenvalue weighted by molar-refractivity contribution is 6.99. The van der Waals surface area contributed by atoms with Crippen molar-refractivity contribution in [1.82, 2.24) is 4.40 Å². The third-order valence-corrected chi connectivity index (χ3v) is 8.95. The van der Waals surface area contributed by atoms with Crippen molar-refractivity contribution in [2.75, 3.05) is 4.90 Å². The molecule has 2 aromatic heterocycles. The van der Waals surface area contributed by atoms with E-state index in [9.17, 15) is 0 Å². The van der Waals surface area contributed by atoms with Crippen LogP contribution in [0.4, 0.5) is 17.1 Å². The van der Waals surface area contributed by atoms with Crippen LogP contribution in [0.1, 0.15) is 0 Å². The molecule has 0 N–H and O–H groups in total. The van der Waals surface area contributed by atoms with Gasteiger partial charge in [0.15, 0.2) is 0 Å². The summed E-state index contributed by atoms with van der Waals surface area (Å²) in [5.41, 5.74) is 11.0. The molecule has 0 aliphatic carbocycles. The van der Waals surface area contributed by atoms with Gasteiger partial charge in [0.2, 0.25) is 0 Å². The van der Waals surface area contributed by atoms with Crippen LogP contribution in [-0.2, 0) is 0 Å². The van der Waals surface area contributed by atoms with E-state index in [-0.39, 0.29) is 6.71 Å². The highest BCUT2D eigenvalue weighted by Crippen LogP contribution is 2.49. The first-order valence-electron chi connectivity index (χ1n) is 13.8. The largest absolute Gasteiger partial charge is 0.458 e. The predicted molar refractivity (Wildman–Crippen MR) is 167 cm³/mol. The minimum Gasteiger partial charge on any atom is -0.458 e. The van der Waals surface area contributed by atoms with Crippen LogP contribution >= 0.6 is 0 Å². The molecule has 8 aromatic rings. The molecule has 0 atom stereocenters. The number of rotatable bonds is 1. The van der Waals surface area contributed by atoms with Gasteiger partial charge in [0.1, 0.15) is 11.5 Å². The molecule has 40 heavy (non-hydrogen) atoms. The minimum atomic E-state index is 0.0901. The fourth-order valence-electron chi connectivity index (χ4n) is 7.46. The number of fused-ring (bicyclic) bond motifs is 11. The SMILES string of the molecule is c1ccc(N2c3ccccc3B3c4ccccc4Oc4cc5c(c2c43)c2cccc3c4ccccc4n5c32)cc1. The van der Waals surface area contributed by atoms with E-state index < -0.39 is 0 Å². The van der Waals surface area contributed by atoms with Crippen LogP contribution in [0.3, 0.4) is 0 Å². The van der Waals surface area contributed by atoms with E-state index in [2.05, 4.69) is 137 Å². The van der Waals surface area contributed by atoms with Crippen LogP contribution < -0.4 is 26.0 Å². The molecule has 0 amide bonds. The summed E-state index contributed by atoms with van der Waals surface area (Å²) in [5, 5.41) is 5.12. The fourth-order valence-corrected chi connectivity index (χ4v) is 7.46. The molecule has 0 spiro atoms. The van der Waals surface area contributed by atoms with Crippen LogP contribution in [0.15, 0.2) is 127 Å². The Kier molecular flexibility index (Phi) is 3.75. The lowest BCUT2D eigenvalue weighted by molar-refractivity contribution is 0.488. The summed E-state index contributed by atoms with van der Waals surface area (Å²) in [6, 6.07) is 46.0. The Balaban J connectivity index is 1.47. The molecule has 4 heteroatoms. The number of nitrogens with zero attached hydrogens (tertiary/aromatic N) is 2. The van der Waals surface area contributed by atoms with Gasteiger partial charge in [-0.05, 0) is 46.7 Å². The first kappa shape index (κ1) is 20.7. The summed E-state index contributed by atoms with van der Waals surface area (Å²) in [5.74, 6) is 1.87. The number of benzene rings is 6. The van der Waals surface area contributed by atoms with Gasteiger partial charge in [-0.15, -0.1) is 0 Å². The van der Waals surface area contributed by atoms with E-state index in [1.54, 1.807) is 0 Å². The van der Waals surface area contributed by atoms with Crippen molar-refractivity contribution in [2.45, 2.75) is 0 Å². The molecule has 4 heterocycles. The molecule has 0 saturated carbocycles. The molecule has 0 radical (unpaired) electrons. The average Bonchev–Trinajstić information content (AvgIpc) is 3.53. The zero-order valence-corrected chi connectivity index (χ0v) is 21.5. The Bertz CT molecular complexity index is 2320. The summed E-state index contributed by atoms with van der Waals surface area (Å²) in [6.07, 6.45) is 0. The number of aromatic nitrogens is 1. The fraction of sp³-hybridized carbons (Fsp3) is 0. The normalized spacial score (nSPS) is 13.6. The van der Waals surface area contributed by atoms with Crippen LogP contribution in [0, 0.1) is 0 Å². The Labute approximate surface area is 230 Å². The van der Waals surface area contributed by atoms with Gasteiger partial charge >= 0.3 is 0 Å². The van der Waals surface area contributed by atoms with Gasteiger partial charge in [0.25, 0.3) is 6.71 Å². The summed E-state index contributed by atoms with van der Waals surface area (Å²) >= 11 is 0. The highest BCUT2D eigenvalue weighted by Gasteiger charge is 2.43. The van der Waals surface area contributed by atoms with E-state index in [1.165, 1.54) is 65.9 Å². The molecular formula is C36H21BN2O. The lowest BCUT2D eigenvalue weighted by Gasteiger charge is -2.40. The Morgan fingerprint density at radius 1 is 0.550 bits per heavy atom. The molecule has 0 saturated heterocycles. The average molecular weight is 508 g/mol. The van der Waals surface area contributed by atoms with Gasteiger partial charge in [0, 0.05) is 39.0 Å². The molecular weight excluding hydrogens is 487 g/mol. The maximum atomic E-state index is 6.79. The second-order valence-electron chi connectivity index (χ2n) is 10.9. The first-order chi connectivity index (χ1) is 19.9. The molecule has 0 fully saturated rings. The second kappa shape index (κ2) is 7.25. The highest BCUT2D eigenvalue weighted by atomic mass is 16.5. The maximum Gasteiger partial charge on any atom is 0.256 e. The summed E-state index contributed by atoms with van der Waals surface area (Å²) in [6.45, 7) is 0.0901. The Morgan fingerprint density at radius 2 is 1.27 bits per heavy atom. The zero-order chi connectivity index (χ0) is 25.9. The van der Waals surface area contributed by atoms with Crippen LogP contribution in [0.25, 0.3) is 38.1 Å². The van der Waals surface area contributed by atoms with Crippen molar-refractivity contribution in [3.05, 3.63) is 127 Å². The summed E-state index contributed by atoms with van der Waals surface area (Å²) in [4.78, 5) is 2.47. The molecule has 2 aliphatic rings. The molecule has 184 valence electrons. The van der Waals surface area contributed by atoms with Crippen molar-refractivity contribution >= 4 is 78.3 Å². The topological polar surface area (TPSA) is 16.9 Å². The number of anilines is 3. The molecule has 0 unspecified atom stereocenters. The summed E-state index contributed by atoms with van der Waals surface area (Å²) in [7, 11) is 0. The van der Waals surface area contributed by atoms with Crippen molar-refractivity contribution in [1.29, 1.82) is 0 Å². The monoisotopic (exact) mass is 508 g/mol. The number of ether oxygens (including phenoxy) is 1. The van der Waals surface area contributed by atoms with Crippen LogP contribution in [0.5, 0.6) is 11.5 Å². The quantitative estimate of drug-likeness (QED) is 0.218. The van der Waals surface area contributed by atoms with E-state index >= 15 is 0 Å². The smallest absolute Gasteiger partial charge is 0.256 e. The number of hydrogen-bond acceptors (Lipinski definition) is 2. The first-order valence-corrected chi connectivity index (χ1v) is 13.8.